The molecule has 0 spiro atoms. The average Bonchev–Trinajstić information content (AvgIpc) is 3.08. The summed E-state index contributed by atoms with van der Waals surface area (Å²) >= 11 is 6.31. The Morgan fingerprint density at radius 1 is 1.17 bits per heavy atom. The monoisotopic (exact) mass is 412 g/mol. The molecule has 2 heterocycles. The van der Waals surface area contributed by atoms with Gasteiger partial charge < -0.3 is 10.3 Å². The molecule has 5 nitrogen and oxygen atoms in total. The van der Waals surface area contributed by atoms with Gasteiger partial charge >= 0.3 is 0 Å². The molecule has 1 amide bonds. The number of benzene rings is 2. The fourth-order valence-electron chi connectivity index (χ4n) is 2.96. The summed E-state index contributed by atoms with van der Waals surface area (Å²) in [5, 5.41) is 3.14. The highest BCUT2D eigenvalue weighted by atomic mass is 35.5. The number of amides is 1. The first-order valence-corrected chi connectivity index (χ1v) is 9.13. The van der Waals surface area contributed by atoms with E-state index in [1.54, 1.807) is 24.4 Å². The van der Waals surface area contributed by atoms with E-state index in [1.165, 1.54) is 6.07 Å². The van der Waals surface area contributed by atoms with Gasteiger partial charge in [0.25, 0.3) is 0 Å². The van der Waals surface area contributed by atoms with E-state index in [-0.39, 0.29) is 12.0 Å². The van der Waals surface area contributed by atoms with Crippen LogP contribution in [0.4, 0.5) is 14.5 Å². The number of aromatic nitrogens is 3. The van der Waals surface area contributed by atoms with Gasteiger partial charge in [0.05, 0.1) is 17.0 Å². The van der Waals surface area contributed by atoms with Crippen molar-refractivity contribution in [2.75, 3.05) is 5.32 Å². The number of nitrogens with zero attached hydrogens (tertiary/aromatic N) is 2. The summed E-state index contributed by atoms with van der Waals surface area (Å²) < 4.78 is 26.8. The zero-order chi connectivity index (χ0) is 20.5. The molecule has 29 heavy (non-hydrogen) atoms. The van der Waals surface area contributed by atoms with Crippen molar-refractivity contribution in [3.8, 4) is 11.4 Å². The van der Waals surface area contributed by atoms with Gasteiger partial charge in [0.15, 0.2) is 5.65 Å². The fourth-order valence-corrected chi connectivity index (χ4v) is 3.17. The van der Waals surface area contributed by atoms with E-state index < -0.39 is 17.5 Å². The number of carbonyl (C=O) groups is 1. The molecule has 0 bridgehead atoms. The van der Waals surface area contributed by atoms with Crippen LogP contribution in [0.3, 0.4) is 0 Å². The number of hydrogen-bond acceptors (Lipinski definition) is 3. The molecule has 0 saturated carbocycles. The minimum Gasteiger partial charge on any atom is -0.337 e. The van der Waals surface area contributed by atoms with Crippen LogP contribution in [0, 0.1) is 18.6 Å². The van der Waals surface area contributed by atoms with Crippen LogP contribution < -0.4 is 5.32 Å². The Balaban J connectivity index is 1.58. The number of aromatic amines is 1. The van der Waals surface area contributed by atoms with E-state index in [0.29, 0.717) is 27.7 Å². The Kier molecular flexibility index (Phi) is 4.98. The largest absolute Gasteiger partial charge is 0.337 e. The van der Waals surface area contributed by atoms with Crippen LogP contribution in [0.2, 0.25) is 5.02 Å². The minimum absolute atomic E-state index is 0.108. The smallest absolute Gasteiger partial charge is 0.228 e. The van der Waals surface area contributed by atoms with Gasteiger partial charge in [-0.2, -0.15) is 0 Å². The number of anilines is 1. The van der Waals surface area contributed by atoms with Crippen LogP contribution in [0.5, 0.6) is 0 Å². The Labute approximate surface area is 169 Å². The normalized spacial score (nSPS) is 11.0. The molecule has 0 unspecified atom stereocenters. The summed E-state index contributed by atoms with van der Waals surface area (Å²) in [6.07, 6.45) is 1.50. The number of imidazole rings is 1. The van der Waals surface area contributed by atoms with E-state index in [1.807, 2.05) is 13.0 Å². The van der Waals surface area contributed by atoms with Crippen molar-refractivity contribution in [2.45, 2.75) is 13.3 Å². The summed E-state index contributed by atoms with van der Waals surface area (Å²) in [5.41, 5.74) is 3.50. The maximum absolute atomic E-state index is 13.8. The van der Waals surface area contributed by atoms with Gasteiger partial charge in [0.1, 0.15) is 17.5 Å². The van der Waals surface area contributed by atoms with E-state index in [0.717, 1.165) is 23.2 Å². The molecule has 0 atom stereocenters. The molecular weight excluding hydrogens is 398 g/mol. The van der Waals surface area contributed by atoms with Gasteiger partial charge in [-0.05, 0) is 48.4 Å². The molecule has 146 valence electrons. The topological polar surface area (TPSA) is 70.7 Å². The predicted molar refractivity (Wildman–Crippen MR) is 108 cm³/mol. The minimum atomic E-state index is -0.762. The molecule has 2 aromatic carbocycles. The molecule has 8 heteroatoms. The van der Waals surface area contributed by atoms with Gasteiger partial charge in [0.2, 0.25) is 5.91 Å². The molecule has 0 aliphatic carbocycles. The van der Waals surface area contributed by atoms with Gasteiger partial charge in [0, 0.05) is 23.5 Å². The number of aryl methyl sites for hydroxylation is 1. The number of pyridine rings is 1. The summed E-state index contributed by atoms with van der Waals surface area (Å²) in [6, 6.07) is 9.98. The van der Waals surface area contributed by atoms with Crippen molar-refractivity contribution in [1.82, 2.24) is 15.0 Å². The van der Waals surface area contributed by atoms with E-state index in [4.69, 9.17) is 11.6 Å². The summed E-state index contributed by atoms with van der Waals surface area (Å²) in [6.45, 7) is 1.93. The van der Waals surface area contributed by atoms with Crippen LogP contribution >= 0.6 is 11.6 Å². The number of rotatable bonds is 4. The highest BCUT2D eigenvalue weighted by Crippen LogP contribution is 2.30. The third kappa shape index (κ3) is 4.09. The molecule has 0 fully saturated rings. The highest BCUT2D eigenvalue weighted by Gasteiger charge is 2.13. The number of halogens is 3. The maximum atomic E-state index is 13.8. The first kappa shape index (κ1) is 19.0. The third-order valence-corrected chi connectivity index (χ3v) is 4.68. The molecule has 0 radical (unpaired) electrons. The lowest BCUT2D eigenvalue weighted by Gasteiger charge is -2.09. The fraction of sp³-hybridized carbons (Fsp3) is 0.0952. The standard InChI is InChI=1S/C21H15ClF2N4O/c1-11-6-18-21(25-10-11)28-20(27-18)15-9-14(4-5-16(15)22)26-19(29)7-12-2-3-13(23)8-17(12)24/h2-6,8-10H,7H2,1H3,(H,26,29)(H,25,27,28). The Hall–Kier alpha value is -3.32. The van der Waals surface area contributed by atoms with Gasteiger partial charge in [-0.1, -0.05) is 17.7 Å². The van der Waals surface area contributed by atoms with Crippen molar-refractivity contribution < 1.29 is 13.6 Å². The van der Waals surface area contributed by atoms with Gasteiger partial charge in [-0.3, -0.25) is 4.79 Å². The molecule has 0 saturated heterocycles. The van der Waals surface area contributed by atoms with Crippen LogP contribution in [0.25, 0.3) is 22.6 Å². The molecular formula is C21H15ClF2N4O. The SMILES string of the molecule is Cc1cnc2nc(-c3cc(NC(=O)Cc4ccc(F)cc4F)ccc3Cl)[nH]c2c1. The molecule has 2 N–H and O–H groups in total. The van der Waals surface area contributed by atoms with E-state index >= 15 is 0 Å². The van der Waals surface area contributed by atoms with Gasteiger partial charge in [-0.15, -0.1) is 0 Å². The van der Waals surface area contributed by atoms with Crippen molar-refractivity contribution >= 4 is 34.4 Å². The van der Waals surface area contributed by atoms with Crippen LogP contribution in [0.1, 0.15) is 11.1 Å². The molecule has 0 aliphatic rings. The number of H-pyrrole nitrogens is 1. The van der Waals surface area contributed by atoms with Crippen molar-refractivity contribution in [3.05, 3.63) is 76.4 Å². The summed E-state index contributed by atoms with van der Waals surface area (Å²) in [4.78, 5) is 24.2. The second-order valence-corrected chi connectivity index (χ2v) is 7.03. The quantitative estimate of drug-likeness (QED) is 0.493. The first-order chi connectivity index (χ1) is 13.9. The van der Waals surface area contributed by atoms with E-state index in [9.17, 15) is 13.6 Å². The molecule has 4 rings (SSSR count). The van der Waals surface area contributed by atoms with E-state index in [2.05, 4.69) is 20.3 Å². The van der Waals surface area contributed by atoms with Gasteiger partial charge in [-0.25, -0.2) is 18.7 Å². The second kappa shape index (κ2) is 7.60. The zero-order valence-electron chi connectivity index (χ0n) is 15.3. The number of nitrogens with one attached hydrogen (secondary N) is 2. The zero-order valence-corrected chi connectivity index (χ0v) is 16.0. The van der Waals surface area contributed by atoms with Crippen molar-refractivity contribution in [3.63, 3.8) is 0 Å². The van der Waals surface area contributed by atoms with Crippen molar-refractivity contribution in [1.29, 1.82) is 0 Å². The lowest BCUT2D eigenvalue weighted by atomic mass is 10.1. The number of carbonyl (C=O) groups excluding carboxylic acids is 1. The molecule has 2 aromatic heterocycles. The maximum Gasteiger partial charge on any atom is 0.228 e. The van der Waals surface area contributed by atoms with Crippen LogP contribution in [-0.2, 0) is 11.2 Å². The Morgan fingerprint density at radius 3 is 2.79 bits per heavy atom. The Bertz CT molecular complexity index is 1240. The first-order valence-electron chi connectivity index (χ1n) is 8.75. The lowest BCUT2D eigenvalue weighted by molar-refractivity contribution is -0.115. The molecule has 4 aromatic rings. The second-order valence-electron chi connectivity index (χ2n) is 6.62. The Morgan fingerprint density at radius 2 is 2.00 bits per heavy atom. The molecule has 0 aliphatic heterocycles. The summed E-state index contributed by atoms with van der Waals surface area (Å²) in [5.74, 6) is -1.37. The van der Waals surface area contributed by atoms with Crippen LogP contribution in [0.15, 0.2) is 48.7 Å². The highest BCUT2D eigenvalue weighted by molar-refractivity contribution is 6.33. The van der Waals surface area contributed by atoms with Crippen molar-refractivity contribution in [2.24, 2.45) is 0 Å². The lowest BCUT2D eigenvalue weighted by Crippen LogP contribution is -2.15. The predicted octanol–water partition coefficient (Wildman–Crippen LogP) is 5.05. The third-order valence-electron chi connectivity index (χ3n) is 4.35. The average molecular weight is 413 g/mol. The van der Waals surface area contributed by atoms with Crippen LogP contribution in [-0.4, -0.2) is 20.9 Å². The number of hydrogen-bond donors (Lipinski definition) is 2. The summed E-state index contributed by atoms with van der Waals surface area (Å²) in [7, 11) is 0. The number of fused-ring (bicyclic) bond motifs is 1.